The average molecular weight is 331 g/mol. The molecular weight excluding hydrogens is 310 g/mol. The molecule has 2 aromatic heterocycles. The van der Waals surface area contributed by atoms with Gasteiger partial charge in [-0.1, -0.05) is 0 Å². The second-order valence-corrected chi connectivity index (χ2v) is 5.72. The van der Waals surface area contributed by atoms with Gasteiger partial charge < -0.3 is 20.6 Å². The number of aliphatic hydroxyl groups excluding tert-OH is 1. The molecule has 1 atom stereocenters. The van der Waals surface area contributed by atoms with E-state index in [-0.39, 0.29) is 11.7 Å². The maximum absolute atomic E-state index is 11.4. The molecule has 0 aliphatic carbocycles. The van der Waals surface area contributed by atoms with Crippen LogP contribution in [0.1, 0.15) is 12.1 Å². The Bertz CT molecular complexity index is 749. The summed E-state index contributed by atoms with van der Waals surface area (Å²) >= 11 is 0. The molecule has 1 fully saturated rings. The monoisotopic (exact) mass is 331 g/mol. The van der Waals surface area contributed by atoms with Crippen molar-refractivity contribution < 1.29 is 5.11 Å². The highest BCUT2D eigenvalue weighted by Crippen LogP contribution is 2.18. The van der Waals surface area contributed by atoms with Crippen molar-refractivity contribution in [3.63, 3.8) is 0 Å². The van der Waals surface area contributed by atoms with E-state index in [0.29, 0.717) is 37.2 Å². The van der Waals surface area contributed by atoms with Crippen LogP contribution in [-0.2, 0) is 0 Å². The van der Waals surface area contributed by atoms with E-state index in [1.807, 2.05) is 11.0 Å². The molecule has 0 aromatic carbocycles. The molecule has 3 rings (SSSR count). The van der Waals surface area contributed by atoms with Crippen LogP contribution in [0.15, 0.2) is 23.1 Å². The van der Waals surface area contributed by atoms with E-state index in [9.17, 15) is 9.90 Å². The third kappa shape index (κ3) is 4.19. The number of H-pyrrole nitrogens is 1. The molecule has 2 aromatic rings. The van der Waals surface area contributed by atoms with Crippen LogP contribution in [0.5, 0.6) is 0 Å². The summed E-state index contributed by atoms with van der Waals surface area (Å²) in [5, 5.41) is 15.8. The smallest absolute Gasteiger partial charge is 0.252 e. The number of hydrogen-bond acceptors (Lipinski definition) is 8. The third-order valence-electron chi connectivity index (χ3n) is 3.70. The lowest BCUT2D eigenvalue weighted by molar-refractivity contribution is 0.198. The topological polar surface area (TPSA) is 119 Å². The number of nitrogens with one attached hydrogen (secondary N) is 3. The molecular formula is C15H21N7O2. The highest BCUT2D eigenvalue weighted by molar-refractivity contribution is 5.43. The molecule has 0 unspecified atom stereocenters. The van der Waals surface area contributed by atoms with Crippen molar-refractivity contribution in [3.05, 3.63) is 34.4 Å². The third-order valence-corrected chi connectivity index (χ3v) is 3.70. The summed E-state index contributed by atoms with van der Waals surface area (Å²) in [6, 6.07) is 3.28. The summed E-state index contributed by atoms with van der Waals surface area (Å²) < 4.78 is 0. The Morgan fingerprint density at radius 2 is 2.21 bits per heavy atom. The molecule has 1 aliphatic heterocycles. The fourth-order valence-corrected chi connectivity index (χ4v) is 2.58. The van der Waals surface area contributed by atoms with Crippen LogP contribution in [0.4, 0.5) is 17.7 Å². The first kappa shape index (κ1) is 16.2. The summed E-state index contributed by atoms with van der Waals surface area (Å²) in [6.45, 7) is 4.30. The first-order chi connectivity index (χ1) is 11.6. The lowest BCUT2D eigenvalue weighted by atomic mass is 10.3. The van der Waals surface area contributed by atoms with Gasteiger partial charge in [-0.15, -0.1) is 0 Å². The zero-order chi connectivity index (χ0) is 16.9. The van der Waals surface area contributed by atoms with Crippen LogP contribution >= 0.6 is 0 Å². The minimum absolute atomic E-state index is 0.179. The van der Waals surface area contributed by atoms with Crippen molar-refractivity contribution in [1.29, 1.82) is 0 Å². The molecule has 0 spiro atoms. The lowest BCUT2D eigenvalue weighted by Crippen LogP contribution is -2.23. The van der Waals surface area contributed by atoms with Crippen LogP contribution < -0.4 is 21.1 Å². The van der Waals surface area contributed by atoms with Gasteiger partial charge in [0.15, 0.2) is 0 Å². The molecule has 0 bridgehead atoms. The van der Waals surface area contributed by atoms with Crippen molar-refractivity contribution in [2.75, 3.05) is 41.7 Å². The van der Waals surface area contributed by atoms with Gasteiger partial charge in [-0.25, -0.2) is 9.97 Å². The largest absolute Gasteiger partial charge is 0.391 e. The van der Waals surface area contributed by atoms with E-state index < -0.39 is 0 Å². The minimum atomic E-state index is -0.287. The normalized spacial score (nSPS) is 17.1. The number of anilines is 3. The maximum atomic E-state index is 11.4. The van der Waals surface area contributed by atoms with Gasteiger partial charge in [0.1, 0.15) is 5.82 Å². The second-order valence-electron chi connectivity index (χ2n) is 5.72. The van der Waals surface area contributed by atoms with E-state index in [2.05, 4.69) is 30.6 Å². The Morgan fingerprint density at radius 3 is 2.96 bits per heavy atom. The molecule has 9 heteroatoms. The number of β-amino-alcohol motifs (C(OH)–C–C–N with tert-alkyl or cyclic N) is 1. The molecule has 9 nitrogen and oxygen atoms in total. The predicted molar refractivity (Wildman–Crippen MR) is 91.4 cm³/mol. The van der Waals surface area contributed by atoms with Gasteiger partial charge in [0.25, 0.3) is 5.56 Å². The van der Waals surface area contributed by atoms with Crippen molar-refractivity contribution in [2.24, 2.45) is 0 Å². The number of rotatable bonds is 6. The van der Waals surface area contributed by atoms with Crippen molar-refractivity contribution in [1.82, 2.24) is 19.9 Å². The molecule has 4 N–H and O–H groups in total. The Labute approximate surface area is 139 Å². The predicted octanol–water partition coefficient (Wildman–Crippen LogP) is -0.0367. The fraction of sp³-hybridized carbons (Fsp3) is 0.467. The number of aliphatic hydroxyl groups is 1. The van der Waals surface area contributed by atoms with Gasteiger partial charge in [-0.2, -0.15) is 4.98 Å². The summed E-state index contributed by atoms with van der Waals surface area (Å²) in [5.41, 5.74) is 0.486. The molecule has 24 heavy (non-hydrogen) atoms. The second kappa shape index (κ2) is 7.26. The standard InChI is InChI=1S/C15H21N7O2/c1-10-8-13(24)21-15(19-10)18-6-5-17-14-16-4-2-12(20-14)22-7-3-11(23)9-22/h2,4,8,11,23H,3,5-7,9H2,1H3,(H,16,17,20)(H2,18,19,21,24)/t11-/m0/s1. The molecule has 1 aliphatic rings. The highest BCUT2D eigenvalue weighted by atomic mass is 16.3. The first-order valence-corrected chi connectivity index (χ1v) is 7.92. The lowest BCUT2D eigenvalue weighted by Gasteiger charge is -2.17. The van der Waals surface area contributed by atoms with Crippen LogP contribution in [-0.4, -0.2) is 57.3 Å². The average Bonchev–Trinajstić information content (AvgIpc) is 2.98. The van der Waals surface area contributed by atoms with E-state index in [1.54, 1.807) is 13.1 Å². The van der Waals surface area contributed by atoms with Crippen LogP contribution in [0, 0.1) is 6.92 Å². The van der Waals surface area contributed by atoms with Gasteiger partial charge in [-0.05, 0) is 19.4 Å². The Balaban J connectivity index is 1.50. The Hall–Kier alpha value is -2.68. The fourth-order valence-electron chi connectivity index (χ4n) is 2.58. The summed E-state index contributed by atoms with van der Waals surface area (Å²) in [7, 11) is 0. The van der Waals surface area contributed by atoms with Gasteiger partial charge in [0.05, 0.1) is 6.10 Å². The molecule has 0 amide bonds. The quantitative estimate of drug-likeness (QED) is 0.545. The van der Waals surface area contributed by atoms with Crippen LogP contribution in [0.3, 0.4) is 0 Å². The van der Waals surface area contributed by atoms with Gasteiger partial charge in [-0.3, -0.25) is 9.78 Å². The highest BCUT2D eigenvalue weighted by Gasteiger charge is 2.21. The number of aromatic nitrogens is 4. The zero-order valence-electron chi connectivity index (χ0n) is 13.5. The number of aromatic amines is 1. The Kier molecular flexibility index (Phi) is 4.90. The number of hydrogen-bond donors (Lipinski definition) is 4. The molecule has 0 saturated carbocycles. The number of nitrogens with zero attached hydrogens (tertiary/aromatic N) is 4. The van der Waals surface area contributed by atoms with Crippen molar-refractivity contribution >= 4 is 17.7 Å². The summed E-state index contributed by atoms with van der Waals surface area (Å²) in [5.74, 6) is 1.78. The van der Waals surface area contributed by atoms with Crippen LogP contribution in [0.2, 0.25) is 0 Å². The van der Waals surface area contributed by atoms with E-state index in [1.165, 1.54) is 6.07 Å². The molecule has 3 heterocycles. The summed E-state index contributed by atoms with van der Waals surface area (Å²) in [6.07, 6.45) is 2.17. The van der Waals surface area contributed by atoms with Gasteiger partial charge >= 0.3 is 0 Å². The first-order valence-electron chi connectivity index (χ1n) is 7.92. The van der Waals surface area contributed by atoms with Gasteiger partial charge in [0.2, 0.25) is 11.9 Å². The van der Waals surface area contributed by atoms with E-state index in [0.717, 1.165) is 18.8 Å². The Morgan fingerprint density at radius 1 is 1.38 bits per heavy atom. The zero-order valence-corrected chi connectivity index (χ0v) is 13.5. The van der Waals surface area contributed by atoms with Crippen LogP contribution in [0.25, 0.3) is 0 Å². The van der Waals surface area contributed by atoms with E-state index in [4.69, 9.17) is 0 Å². The summed E-state index contributed by atoms with van der Waals surface area (Å²) in [4.78, 5) is 28.9. The van der Waals surface area contributed by atoms with Gasteiger partial charge in [0, 0.05) is 44.1 Å². The molecule has 1 saturated heterocycles. The maximum Gasteiger partial charge on any atom is 0.252 e. The SMILES string of the molecule is Cc1cc(=O)[nH]c(NCCNc2nccc(N3CC[C@H](O)C3)n2)n1. The molecule has 0 radical (unpaired) electrons. The minimum Gasteiger partial charge on any atom is -0.391 e. The van der Waals surface area contributed by atoms with Crippen molar-refractivity contribution in [3.8, 4) is 0 Å². The molecule has 128 valence electrons. The van der Waals surface area contributed by atoms with E-state index >= 15 is 0 Å². The van der Waals surface area contributed by atoms with Crippen molar-refractivity contribution in [2.45, 2.75) is 19.4 Å². The number of aryl methyl sites for hydroxylation is 1.